The Kier molecular flexibility index (Phi) is 6.54. The van der Waals surface area contributed by atoms with Gasteiger partial charge in [0.15, 0.2) is 17.0 Å². The molecule has 35 heavy (non-hydrogen) atoms. The maximum atomic E-state index is 13.1. The highest BCUT2D eigenvalue weighted by Crippen LogP contribution is 2.31. The number of hydrogen-bond donors (Lipinski definition) is 2. The molecule has 1 atom stereocenters. The zero-order valence-electron chi connectivity index (χ0n) is 18.9. The molecule has 0 radical (unpaired) electrons. The Labute approximate surface area is 200 Å². The first-order valence-corrected chi connectivity index (χ1v) is 11.5. The third-order valence-electron chi connectivity index (χ3n) is 5.90. The van der Waals surface area contributed by atoms with Gasteiger partial charge >= 0.3 is 6.18 Å². The fraction of sp³-hybridized carbons (Fsp3) is 0.320. The number of nitrogens with one attached hydrogen (secondary N) is 2. The minimum Gasteiger partial charge on any atom is -0.364 e. The van der Waals surface area contributed by atoms with Gasteiger partial charge in [-0.15, -0.1) is 0 Å². The number of anilines is 2. The van der Waals surface area contributed by atoms with Gasteiger partial charge in [0.2, 0.25) is 5.95 Å². The fourth-order valence-electron chi connectivity index (χ4n) is 4.09. The van der Waals surface area contributed by atoms with Crippen molar-refractivity contribution in [2.45, 2.75) is 44.8 Å². The van der Waals surface area contributed by atoms with Gasteiger partial charge in [-0.3, -0.25) is 4.57 Å². The van der Waals surface area contributed by atoms with Crippen molar-refractivity contribution in [1.29, 1.82) is 0 Å². The number of rotatable bonds is 7. The normalized spacial score (nSPS) is 16.4. The summed E-state index contributed by atoms with van der Waals surface area (Å²) in [6.07, 6.45) is 0.0735. The summed E-state index contributed by atoms with van der Waals surface area (Å²) in [5.74, 6) is 0.836. The maximum absolute atomic E-state index is 13.1. The summed E-state index contributed by atoms with van der Waals surface area (Å²) in [6, 6.07) is 15.1. The van der Waals surface area contributed by atoms with Crippen molar-refractivity contribution >= 4 is 22.9 Å². The number of benzene rings is 2. The molecule has 0 amide bonds. The van der Waals surface area contributed by atoms with Crippen LogP contribution < -0.4 is 10.6 Å². The highest BCUT2D eigenvalue weighted by Gasteiger charge is 2.30. The second-order valence-corrected chi connectivity index (χ2v) is 8.43. The Morgan fingerprint density at radius 2 is 1.74 bits per heavy atom. The monoisotopic (exact) mass is 482 g/mol. The van der Waals surface area contributed by atoms with E-state index in [4.69, 9.17) is 4.74 Å². The van der Waals surface area contributed by atoms with Crippen molar-refractivity contribution in [3.05, 3.63) is 77.6 Å². The van der Waals surface area contributed by atoms with E-state index in [1.54, 1.807) is 12.4 Å². The van der Waals surface area contributed by atoms with Gasteiger partial charge in [-0.2, -0.15) is 23.1 Å². The molecule has 3 heterocycles. The second-order valence-electron chi connectivity index (χ2n) is 8.43. The lowest BCUT2D eigenvalue weighted by molar-refractivity contribution is -0.137. The van der Waals surface area contributed by atoms with Crippen LogP contribution >= 0.6 is 0 Å². The zero-order valence-corrected chi connectivity index (χ0v) is 18.9. The third kappa shape index (κ3) is 5.37. The van der Waals surface area contributed by atoms with Crippen molar-refractivity contribution in [3.8, 4) is 0 Å². The number of imidazole rings is 1. The number of nitrogens with zero attached hydrogens (tertiary/aromatic N) is 4. The van der Waals surface area contributed by atoms with Crippen LogP contribution in [0.25, 0.3) is 11.2 Å². The molecule has 10 heteroatoms. The van der Waals surface area contributed by atoms with E-state index in [0.29, 0.717) is 41.6 Å². The van der Waals surface area contributed by atoms with Crippen LogP contribution in [0, 0.1) is 0 Å². The molecule has 0 aliphatic carbocycles. The van der Waals surface area contributed by atoms with Gasteiger partial charge in [-0.05, 0) is 42.5 Å². The topological polar surface area (TPSA) is 76.9 Å². The molecule has 0 saturated carbocycles. The van der Waals surface area contributed by atoms with Gasteiger partial charge in [-0.1, -0.05) is 42.5 Å². The first-order chi connectivity index (χ1) is 17.0. The Bertz CT molecular complexity index is 1290. The van der Waals surface area contributed by atoms with Crippen LogP contribution in [0.15, 0.2) is 60.9 Å². The average Bonchev–Trinajstić information content (AvgIpc) is 3.31. The lowest BCUT2D eigenvalue weighted by Crippen LogP contribution is -2.18. The summed E-state index contributed by atoms with van der Waals surface area (Å²) >= 11 is 0. The summed E-state index contributed by atoms with van der Waals surface area (Å²) in [6.45, 7) is 1.35. The highest BCUT2D eigenvalue weighted by molar-refractivity contribution is 5.84. The number of alkyl halides is 3. The Morgan fingerprint density at radius 1 is 0.943 bits per heavy atom. The molecule has 0 spiro atoms. The molecule has 1 unspecified atom stereocenters. The molecule has 182 valence electrons. The standard InChI is InChI=1S/C25H25F3N6O/c26-25(27,28)19-10-6-9-18(13-19)15-30-24-32-22(29-14-17-7-2-1-3-8-17)21-23(33-24)34(16-31-21)20-11-4-5-12-35-20/h1-3,6-10,13,16,20H,4-5,11-12,14-15H2,(H2,29,30,32,33). The smallest absolute Gasteiger partial charge is 0.364 e. The van der Waals surface area contributed by atoms with E-state index < -0.39 is 11.7 Å². The largest absolute Gasteiger partial charge is 0.416 e. The van der Waals surface area contributed by atoms with Crippen molar-refractivity contribution in [2.24, 2.45) is 0 Å². The summed E-state index contributed by atoms with van der Waals surface area (Å²) in [4.78, 5) is 13.8. The fourth-order valence-corrected chi connectivity index (χ4v) is 4.09. The van der Waals surface area contributed by atoms with Gasteiger partial charge in [0.25, 0.3) is 0 Å². The van der Waals surface area contributed by atoms with E-state index >= 15 is 0 Å². The van der Waals surface area contributed by atoms with Gasteiger partial charge in [0, 0.05) is 19.7 Å². The van der Waals surface area contributed by atoms with Crippen molar-refractivity contribution in [1.82, 2.24) is 19.5 Å². The van der Waals surface area contributed by atoms with E-state index in [2.05, 4.69) is 25.6 Å². The van der Waals surface area contributed by atoms with Crippen molar-refractivity contribution in [3.63, 3.8) is 0 Å². The maximum Gasteiger partial charge on any atom is 0.416 e. The van der Waals surface area contributed by atoms with Crippen LogP contribution in [0.1, 0.15) is 42.2 Å². The predicted octanol–water partition coefficient (Wildman–Crippen LogP) is 5.77. The number of halogens is 3. The van der Waals surface area contributed by atoms with Gasteiger partial charge < -0.3 is 15.4 Å². The van der Waals surface area contributed by atoms with E-state index in [9.17, 15) is 13.2 Å². The van der Waals surface area contributed by atoms with Gasteiger partial charge in [-0.25, -0.2) is 4.98 Å². The molecule has 2 N–H and O–H groups in total. The van der Waals surface area contributed by atoms with Crippen molar-refractivity contribution in [2.75, 3.05) is 17.2 Å². The predicted molar refractivity (Wildman–Crippen MR) is 127 cm³/mol. The second kappa shape index (κ2) is 9.91. The quantitative estimate of drug-likeness (QED) is 0.348. The minimum absolute atomic E-state index is 0.140. The zero-order chi connectivity index (χ0) is 24.3. The lowest BCUT2D eigenvalue weighted by atomic mass is 10.1. The van der Waals surface area contributed by atoms with Crippen molar-refractivity contribution < 1.29 is 17.9 Å². The number of ether oxygens (including phenoxy) is 1. The Balaban J connectivity index is 1.44. The molecule has 1 saturated heterocycles. The Morgan fingerprint density at radius 3 is 2.51 bits per heavy atom. The first kappa shape index (κ1) is 23.1. The molecule has 5 rings (SSSR count). The van der Waals surface area contributed by atoms with Gasteiger partial charge in [0.05, 0.1) is 11.9 Å². The van der Waals surface area contributed by atoms with E-state index in [0.717, 1.165) is 37.0 Å². The summed E-state index contributed by atoms with van der Waals surface area (Å²) < 4.78 is 47.1. The molecular formula is C25H25F3N6O. The summed E-state index contributed by atoms with van der Waals surface area (Å²) in [5, 5.41) is 6.41. The van der Waals surface area contributed by atoms with Gasteiger partial charge in [0.1, 0.15) is 6.23 Å². The molecular weight excluding hydrogens is 457 g/mol. The van der Waals surface area contributed by atoms with Crippen LogP contribution in [0.2, 0.25) is 0 Å². The van der Waals surface area contributed by atoms with Crippen LogP contribution in [-0.2, 0) is 24.0 Å². The molecule has 0 bridgehead atoms. The molecule has 7 nitrogen and oxygen atoms in total. The van der Waals surface area contributed by atoms with E-state index in [-0.39, 0.29) is 12.8 Å². The SMILES string of the molecule is FC(F)(F)c1cccc(CNc2nc(NCc3ccccc3)c3ncn(C4CCCCO4)c3n2)c1. The molecule has 2 aromatic carbocycles. The molecule has 1 fully saturated rings. The van der Waals surface area contributed by atoms with Crippen LogP contribution in [0.4, 0.5) is 24.9 Å². The van der Waals surface area contributed by atoms with E-state index in [1.165, 1.54) is 6.07 Å². The number of aromatic nitrogens is 4. The molecule has 2 aromatic heterocycles. The number of hydrogen-bond acceptors (Lipinski definition) is 6. The summed E-state index contributed by atoms with van der Waals surface area (Å²) in [7, 11) is 0. The number of fused-ring (bicyclic) bond motifs is 1. The van der Waals surface area contributed by atoms with E-state index in [1.807, 2.05) is 34.9 Å². The third-order valence-corrected chi connectivity index (χ3v) is 5.90. The average molecular weight is 483 g/mol. The van der Waals surface area contributed by atoms with Crippen LogP contribution in [0.5, 0.6) is 0 Å². The van der Waals surface area contributed by atoms with Crippen LogP contribution in [0.3, 0.4) is 0 Å². The molecule has 1 aliphatic rings. The first-order valence-electron chi connectivity index (χ1n) is 11.5. The molecule has 4 aromatic rings. The Hall–Kier alpha value is -3.66. The minimum atomic E-state index is -4.40. The molecule has 1 aliphatic heterocycles. The van der Waals surface area contributed by atoms with Crippen LogP contribution in [-0.4, -0.2) is 26.1 Å². The lowest BCUT2D eigenvalue weighted by Gasteiger charge is -2.24. The highest BCUT2D eigenvalue weighted by atomic mass is 19.4. The summed E-state index contributed by atoms with van der Waals surface area (Å²) in [5.41, 5.74) is 2.08.